The van der Waals surface area contributed by atoms with Crippen molar-refractivity contribution in [3.63, 3.8) is 0 Å². The number of likely N-dealkylation sites (N-methyl/N-ethyl adjacent to an activating group) is 2. The molecule has 1 aromatic rings. The van der Waals surface area contributed by atoms with Crippen LogP contribution in [0.15, 0.2) is 42.0 Å². The molecule has 0 saturated heterocycles. The molecule has 9 heteroatoms. The molecular formula is C36H59N3O6. The quantitative estimate of drug-likeness (QED) is 0.197. The molecule has 0 aliphatic rings. The number of amides is 3. The smallest absolute Gasteiger partial charge is 0.410 e. The van der Waals surface area contributed by atoms with E-state index in [1.807, 2.05) is 78.0 Å². The summed E-state index contributed by atoms with van der Waals surface area (Å²) in [5, 5.41) is 3.04. The van der Waals surface area contributed by atoms with E-state index in [9.17, 15) is 19.2 Å². The Hall–Kier alpha value is -3.36. The van der Waals surface area contributed by atoms with Crippen LogP contribution in [0.5, 0.6) is 0 Å². The lowest BCUT2D eigenvalue weighted by atomic mass is 9.76. The third-order valence-electron chi connectivity index (χ3n) is 7.79. The van der Waals surface area contributed by atoms with Crippen molar-refractivity contribution in [1.29, 1.82) is 0 Å². The van der Waals surface area contributed by atoms with Crippen LogP contribution >= 0.6 is 0 Å². The molecule has 0 fully saturated rings. The third-order valence-corrected chi connectivity index (χ3v) is 7.79. The van der Waals surface area contributed by atoms with Crippen LogP contribution in [-0.2, 0) is 29.3 Å². The molecule has 1 rings (SSSR count). The highest BCUT2D eigenvalue weighted by Gasteiger charge is 2.45. The zero-order chi connectivity index (χ0) is 34.9. The largest absolute Gasteiger partial charge is 0.463 e. The van der Waals surface area contributed by atoms with Crippen LogP contribution in [0.3, 0.4) is 0 Å². The molecule has 0 unspecified atom stereocenters. The summed E-state index contributed by atoms with van der Waals surface area (Å²) < 4.78 is 10.9. The van der Waals surface area contributed by atoms with E-state index in [0.29, 0.717) is 18.4 Å². The van der Waals surface area contributed by atoms with Crippen LogP contribution in [0.25, 0.3) is 0 Å². The fourth-order valence-corrected chi connectivity index (χ4v) is 5.30. The van der Waals surface area contributed by atoms with Crippen molar-refractivity contribution < 1.29 is 28.7 Å². The summed E-state index contributed by atoms with van der Waals surface area (Å²) in [5.41, 5.74) is -0.956. The predicted molar refractivity (Wildman–Crippen MR) is 180 cm³/mol. The lowest BCUT2D eigenvalue weighted by Crippen LogP contribution is -2.63. The van der Waals surface area contributed by atoms with Crippen molar-refractivity contribution in [2.75, 3.05) is 20.7 Å². The molecule has 0 heterocycles. The minimum atomic E-state index is -1.01. The van der Waals surface area contributed by atoms with Crippen LogP contribution < -0.4 is 5.32 Å². The van der Waals surface area contributed by atoms with Gasteiger partial charge in [0.1, 0.15) is 17.7 Å². The van der Waals surface area contributed by atoms with Gasteiger partial charge >= 0.3 is 12.1 Å². The Morgan fingerprint density at radius 1 is 0.889 bits per heavy atom. The van der Waals surface area contributed by atoms with Gasteiger partial charge in [0, 0.05) is 25.1 Å². The van der Waals surface area contributed by atoms with Gasteiger partial charge in [-0.05, 0) is 57.4 Å². The standard InChI is InChI=1S/C36H59N3O6/c1-15-25(32(42)44-16-2)23-27(22-24(3)4)38(13)31(41)28(34(5,6)7)37-30(40)29(39(14)33(43)45-35(8,9)10)36(11,12)26-20-18-17-19-21-26/h17-21,23-24,27-29H,15-16,22H2,1-14H3,(H,37,40)/b25-23+/t27-,28+,29+/m0/s1. The number of rotatable bonds is 13. The molecule has 0 aliphatic heterocycles. The molecule has 0 aliphatic carbocycles. The molecule has 0 spiro atoms. The monoisotopic (exact) mass is 629 g/mol. The Kier molecular flexibility index (Phi) is 14.3. The highest BCUT2D eigenvalue weighted by Crippen LogP contribution is 2.32. The van der Waals surface area contributed by atoms with Crippen molar-refractivity contribution in [3.8, 4) is 0 Å². The Balaban J connectivity index is 3.63. The summed E-state index contributed by atoms with van der Waals surface area (Å²) in [6.07, 6.45) is 2.24. The number of hydrogen-bond acceptors (Lipinski definition) is 6. The van der Waals surface area contributed by atoms with E-state index in [1.54, 1.807) is 46.7 Å². The van der Waals surface area contributed by atoms with Crippen molar-refractivity contribution >= 4 is 23.9 Å². The van der Waals surface area contributed by atoms with E-state index >= 15 is 0 Å². The Morgan fingerprint density at radius 2 is 1.44 bits per heavy atom. The SMILES string of the molecule is CCOC(=O)/C(=C/[C@H](CC(C)C)N(C)C(=O)[C@@H](NC(=O)[C@@H](N(C)C(=O)OC(C)(C)C)C(C)(C)c1ccccc1)C(C)(C)C)CC. The number of nitrogens with one attached hydrogen (secondary N) is 1. The minimum absolute atomic E-state index is 0.225. The lowest BCUT2D eigenvalue weighted by molar-refractivity contribution is -0.141. The first-order valence-corrected chi connectivity index (χ1v) is 16.0. The van der Waals surface area contributed by atoms with Gasteiger partial charge in [0.25, 0.3) is 0 Å². The summed E-state index contributed by atoms with van der Waals surface area (Å²) in [5.74, 6) is -0.946. The Labute approximate surface area is 272 Å². The maximum Gasteiger partial charge on any atom is 0.410 e. The van der Waals surface area contributed by atoms with Gasteiger partial charge in [-0.1, -0.05) is 91.8 Å². The fraction of sp³-hybridized carbons (Fsp3) is 0.667. The van der Waals surface area contributed by atoms with Gasteiger partial charge in [0.2, 0.25) is 11.8 Å². The molecule has 0 aromatic heterocycles. The van der Waals surface area contributed by atoms with Crippen molar-refractivity contribution in [3.05, 3.63) is 47.5 Å². The molecular weight excluding hydrogens is 570 g/mol. The molecule has 45 heavy (non-hydrogen) atoms. The summed E-state index contributed by atoms with van der Waals surface area (Å²) in [7, 11) is 3.25. The average molecular weight is 630 g/mol. The number of carbonyl (C=O) groups excluding carboxylic acids is 4. The number of ether oxygens (including phenoxy) is 2. The fourth-order valence-electron chi connectivity index (χ4n) is 5.30. The van der Waals surface area contributed by atoms with E-state index in [-0.39, 0.29) is 18.4 Å². The zero-order valence-corrected chi connectivity index (χ0v) is 30.2. The zero-order valence-electron chi connectivity index (χ0n) is 30.2. The molecule has 3 amide bonds. The first-order valence-electron chi connectivity index (χ1n) is 16.0. The average Bonchev–Trinajstić information content (AvgIpc) is 2.91. The van der Waals surface area contributed by atoms with Gasteiger partial charge in [0.15, 0.2) is 0 Å². The van der Waals surface area contributed by atoms with Crippen molar-refractivity contribution in [2.45, 2.75) is 125 Å². The number of benzene rings is 1. The van der Waals surface area contributed by atoms with Crippen LogP contribution in [0, 0.1) is 11.3 Å². The Bertz CT molecular complexity index is 1180. The number of hydrogen-bond donors (Lipinski definition) is 1. The number of nitrogens with zero attached hydrogens (tertiary/aromatic N) is 2. The van der Waals surface area contributed by atoms with Crippen LogP contribution in [0.2, 0.25) is 0 Å². The molecule has 1 N–H and O–H groups in total. The summed E-state index contributed by atoms with van der Waals surface area (Å²) in [6, 6.07) is 7.15. The highest BCUT2D eigenvalue weighted by molar-refractivity contribution is 5.93. The summed E-state index contributed by atoms with van der Waals surface area (Å²) >= 11 is 0. The van der Waals surface area contributed by atoms with Gasteiger partial charge < -0.3 is 19.7 Å². The second-order valence-corrected chi connectivity index (χ2v) is 14.8. The van der Waals surface area contributed by atoms with E-state index in [4.69, 9.17) is 9.47 Å². The van der Waals surface area contributed by atoms with Crippen molar-refractivity contribution in [1.82, 2.24) is 15.1 Å². The molecule has 3 atom stereocenters. The van der Waals surface area contributed by atoms with Gasteiger partial charge in [0.05, 0.1) is 12.6 Å². The van der Waals surface area contributed by atoms with Crippen LogP contribution in [0.1, 0.15) is 101 Å². The summed E-state index contributed by atoms with van der Waals surface area (Å²) in [4.78, 5) is 57.6. The normalized spacial score (nSPS) is 14.7. The molecule has 0 radical (unpaired) electrons. The summed E-state index contributed by atoms with van der Waals surface area (Å²) in [6.45, 7) is 22.8. The number of esters is 1. The lowest BCUT2D eigenvalue weighted by Gasteiger charge is -2.42. The van der Waals surface area contributed by atoms with E-state index in [0.717, 1.165) is 5.56 Å². The first-order chi connectivity index (χ1) is 20.6. The molecule has 254 valence electrons. The Morgan fingerprint density at radius 3 is 1.89 bits per heavy atom. The van der Waals surface area contributed by atoms with Gasteiger partial charge in [-0.15, -0.1) is 0 Å². The predicted octanol–water partition coefficient (Wildman–Crippen LogP) is 6.50. The van der Waals surface area contributed by atoms with Gasteiger partial charge in [-0.2, -0.15) is 0 Å². The molecule has 0 bridgehead atoms. The van der Waals surface area contributed by atoms with E-state index in [2.05, 4.69) is 19.2 Å². The topological polar surface area (TPSA) is 105 Å². The highest BCUT2D eigenvalue weighted by atomic mass is 16.6. The minimum Gasteiger partial charge on any atom is -0.463 e. The second kappa shape index (κ2) is 16.3. The first kappa shape index (κ1) is 39.7. The van der Waals surface area contributed by atoms with Gasteiger partial charge in [-0.3, -0.25) is 14.5 Å². The second-order valence-electron chi connectivity index (χ2n) is 14.8. The maximum absolute atomic E-state index is 14.4. The third kappa shape index (κ3) is 11.5. The number of carbonyl (C=O) groups is 4. The molecule has 0 saturated carbocycles. The van der Waals surface area contributed by atoms with E-state index < -0.39 is 52.5 Å². The molecule has 1 aromatic carbocycles. The van der Waals surface area contributed by atoms with Gasteiger partial charge in [-0.25, -0.2) is 9.59 Å². The maximum atomic E-state index is 14.4. The van der Waals surface area contributed by atoms with E-state index in [1.165, 1.54) is 4.90 Å². The van der Waals surface area contributed by atoms with Crippen molar-refractivity contribution in [2.24, 2.45) is 11.3 Å². The molecule has 9 nitrogen and oxygen atoms in total. The van der Waals surface area contributed by atoms with Crippen LogP contribution in [0.4, 0.5) is 4.79 Å². The van der Waals surface area contributed by atoms with Crippen LogP contribution in [-0.4, -0.2) is 78.1 Å².